The van der Waals surface area contributed by atoms with Crippen LogP contribution in [0.4, 0.5) is 26.3 Å². The topological polar surface area (TPSA) is 53.4 Å². The first-order chi connectivity index (χ1) is 17.4. The molecule has 10 heteroatoms. The number of alkyl halides is 6. The van der Waals surface area contributed by atoms with Crippen molar-refractivity contribution in [2.45, 2.75) is 75.8 Å². The maximum atomic E-state index is 13.2. The standard InChI is InChI=1S/C27H30F6N2O2/c28-26(29,30)21-9-6-18(7-10-21)22-14-17(15-24(36)37)12-13-35(22)25(19-4-2-1-3-5-19)20-8-11-23(34-16-20)27(31,32)33/h6-11,16-17,19,22,25H,1-5,12-15H2,(H,36,37)/t17-,22+,25-/m1/s1. The van der Waals surface area contributed by atoms with Crippen molar-refractivity contribution in [3.8, 4) is 0 Å². The molecular formula is C27H30F6N2O2. The number of hydrogen-bond acceptors (Lipinski definition) is 3. The van der Waals surface area contributed by atoms with Crippen LogP contribution in [0, 0.1) is 11.8 Å². The van der Waals surface area contributed by atoms with Gasteiger partial charge in [0.15, 0.2) is 0 Å². The molecule has 0 amide bonds. The summed E-state index contributed by atoms with van der Waals surface area (Å²) in [5.74, 6) is -0.931. The zero-order valence-electron chi connectivity index (χ0n) is 20.2. The molecule has 0 unspecified atom stereocenters. The molecule has 2 heterocycles. The Bertz CT molecular complexity index is 1050. The van der Waals surface area contributed by atoms with Crippen LogP contribution in [0.25, 0.3) is 0 Å². The number of aliphatic carboxylic acids is 1. The van der Waals surface area contributed by atoms with Crippen molar-refractivity contribution in [1.82, 2.24) is 9.88 Å². The molecule has 0 radical (unpaired) electrons. The van der Waals surface area contributed by atoms with Crippen LogP contribution in [0.2, 0.25) is 0 Å². The summed E-state index contributed by atoms with van der Waals surface area (Å²) < 4.78 is 79.1. The molecule has 1 saturated carbocycles. The molecule has 1 aliphatic heterocycles. The highest BCUT2D eigenvalue weighted by Crippen LogP contribution is 2.47. The van der Waals surface area contributed by atoms with Gasteiger partial charge in [-0.1, -0.05) is 37.5 Å². The van der Waals surface area contributed by atoms with E-state index in [1.54, 1.807) is 0 Å². The molecule has 2 aromatic rings. The fourth-order valence-electron chi connectivity index (χ4n) is 5.98. The van der Waals surface area contributed by atoms with Crippen LogP contribution in [0.1, 0.15) is 85.8 Å². The first-order valence-corrected chi connectivity index (χ1v) is 12.6. The van der Waals surface area contributed by atoms with Gasteiger partial charge in [-0.15, -0.1) is 0 Å². The van der Waals surface area contributed by atoms with Crippen molar-refractivity contribution >= 4 is 5.97 Å². The fraction of sp³-hybridized carbons (Fsp3) is 0.556. The van der Waals surface area contributed by atoms with Gasteiger partial charge < -0.3 is 5.11 Å². The second-order valence-corrected chi connectivity index (χ2v) is 10.2. The van der Waals surface area contributed by atoms with Gasteiger partial charge in [0.2, 0.25) is 0 Å². The summed E-state index contributed by atoms with van der Waals surface area (Å²) in [6.07, 6.45) is -1.93. The van der Waals surface area contributed by atoms with E-state index in [0.29, 0.717) is 30.5 Å². The Balaban J connectivity index is 1.72. The van der Waals surface area contributed by atoms with Crippen molar-refractivity contribution in [3.63, 3.8) is 0 Å². The highest BCUT2D eigenvalue weighted by molar-refractivity contribution is 5.67. The first kappa shape index (κ1) is 27.4. The lowest BCUT2D eigenvalue weighted by molar-refractivity contribution is -0.141. The van der Waals surface area contributed by atoms with Gasteiger partial charge in [-0.2, -0.15) is 26.3 Å². The Morgan fingerprint density at radius 1 is 0.946 bits per heavy atom. The van der Waals surface area contributed by atoms with Gasteiger partial charge in [0, 0.05) is 24.7 Å². The van der Waals surface area contributed by atoms with Crippen LogP contribution in [-0.4, -0.2) is 27.5 Å². The third-order valence-electron chi connectivity index (χ3n) is 7.71. The minimum atomic E-state index is -4.56. The second kappa shape index (κ2) is 11.0. The zero-order chi connectivity index (χ0) is 26.8. The number of pyridine rings is 1. The molecule has 3 atom stereocenters. The van der Waals surface area contributed by atoms with Crippen LogP contribution in [0.5, 0.6) is 0 Å². The predicted molar refractivity (Wildman–Crippen MR) is 124 cm³/mol. The van der Waals surface area contributed by atoms with E-state index in [1.165, 1.54) is 24.4 Å². The molecule has 37 heavy (non-hydrogen) atoms. The summed E-state index contributed by atoms with van der Waals surface area (Å²) in [5, 5.41) is 9.36. The zero-order valence-corrected chi connectivity index (χ0v) is 20.2. The third-order valence-corrected chi connectivity index (χ3v) is 7.71. The smallest absolute Gasteiger partial charge is 0.433 e. The summed E-state index contributed by atoms with van der Waals surface area (Å²) in [4.78, 5) is 17.3. The molecule has 4 nitrogen and oxygen atoms in total. The van der Waals surface area contributed by atoms with E-state index in [-0.39, 0.29) is 30.3 Å². The molecule has 1 aromatic carbocycles. The molecule has 0 bridgehead atoms. The summed E-state index contributed by atoms with van der Waals surface area (Å²) in [5.41, 5.74) is -0.452. The van der Waals surface area contributed by atoms with Crippen molar-refractivity contribution in [2.75, 3.05) is 6.54 Å². The van der Waals surface area contributed by atoms with E-state index < -0.39 is 29.6 Å². The lowest BCUT2D eigenvalue weighted by Crippen LogP contribution is -2.43. The molecule has 1 N–H and O–H groups in total. The van der Waals surface area contributed by atoms with Crippen molar-refractivity contribution in [3.05, 3.63) is 65.0 Å². The van der Waals surface area contributed by atoms with Gasteiger partial charge in [-0.3, -0.25) is 14.7 Å². The second-order valence-electron chi connectivity index (χ2n) is 10.2. The number of halogens is 6. The van der Waals surface area contributed by atoms with Crippen molar-refractivity contribution in [2.24, 2.45) is 11.8 Å². The highest BCUT2D eigenvalue weighted by atomic mass is 19.4. The Morgan fingerprint density at radius 3 is 2.16 bits per heavy atom. The first-order valence-electron chi connectivity index (χ1n) is 12.6. The number of aromatic nitrogens is 1. The Hall–Kier alpha value is -2.62. The maximum Gasteiger partial charge on any atom is 0.433 e. The van der Waals surface area contributed by atoms with Gasteiger partial charge in [0.05, 0.1) is 5.56 Å². The number of carbonyl (C=O) groups is 1. The number of nitrogens with zero attached hydrogens (tertiary/aromatic N) is 2. The number of benzene rings is 1. The quantitative estimate of drug-likeness (QED) is 0.391. The third kappa shape index (κ3) is 6.64. The number of carboxylic acid groups (broad SMARTS) is 1. The SMILES string of the molecule is O=C(O)C[C@@H]1CCN([C@@H](c2ccc(C(F)(F)F)nc2)C2CCCCC2)[C@H](c2ccc(C(F)(F)F)cc2)C1. The number of hydrogen-bond donors (Lipinski definition) is 1. The van der Waals surface area contributed by atoms with Gasteiger partial charge >= 0.3 is 18.3 Å². The summed E-state index contributed by atoms with van der Waals surface area (Å²) in [6.45, 7) is 0.492. The van der Waals surface area contributed by atoms with Gasteiger partial charge in [0.1, 0.15) is 5.69 Å². The van der Waals surface area contributed by atoms with E-state index in [1.807, 2.05) is 0 Å². The molecule has 2 aliphatic rings. The highest BCUT2D eigenvalue weighted by Gasteiger charge is 2.40. The number of carboxylic acids is 1. The molecule has 2 fully saturated rings. The summed E-state index contributed by atoms with van der Waals surface area (Å²) in [6, 6.07) is 6.74. The molecule has 0 spiro atoms. The molecule has 4 rings (SSSR count). The minimum absolute atomic E-state index is 0.0408. The lowest BCUT2D eigenvalue weighted by Gasteiger charge is -2.47. The van der Waals surface area contributed by atoms with Gasteiger partial charge in [-0.05, 0) is 73.4 Å². The van der Waals surface area contributed by atoms with E-state index in [4.69, 9.17) is 0 Å². The van der Waals surface area contributed by atoms with Crippen LogP contribution < -0.4 is 0 Å². The van der Waals surface area contributed by atoms with Gasteiger partial charge in [0.25, 0.3) is 0 Å². The van der Waals surface area contributed by atoms with E-state index in [9.17, 15) is 36.2 Å². The minimum Gasteiger partial charge on any atom is -0.481 e. The number of rotatable bonds is 6. The molecule has 1 saturated heterocycles. The molecule has 1 aliphatic carbocycles. The molecular weight excluding hydrogens is 498 g/mol. The van der Waals surface area contributed by atoms with Crippen LogP contribution >= 0.6 is 0 Å². The van der Waals surface area contributed by atoms with E-state index >= 15 is 0 Å². The van der Waals surface area contributed by atoms with E-state index in [0.717, 1.165) is 50.3 Å². The number of piperidine rings is 1. The Morgan fingerprint density at radius 2 is 1.62 bits per heavy atom. The fourth-order valence-corrected chi connectivity index (χ4v) is 5.98. The van der Waals surface area contributed by atoms with E-state index in [2.05, 4.69) is 9.88 Å². The van der Waals surface area contributed by atoms with Crippen molar-refractivity contribution < 1.29 is 36.2 Å². The Labute approximate surface area is 211 Å². The average molecular weight is 529 g/mol. The maximum absolute atomic E-state index is 13.2. The predicted octanol–water partition coefficient (Wildman–Crippen LogP) is 7.67. The molecule has 202 valence electrons. The normalized spacial score (nSPS) is 23.1. The van der Waals surface area contributed by atoms with Gasteiger partial charge in [-0.25, -0.2) is 0 Å². The summed E-state index contributed by atoms with van der Waals surface area (Å²) >= 11 is 0. The lowest BCUT2D eigenvalue weighted by atomic mass is 9.77. The summed E-state index contributed by atoms with van der Waals surface area (Å²) in [7, 11) is 0. The van der Waals surface area contributed by atoms with Crippen molar-refractivity contribution in [1.29, 1.82) is 0 Å². The largest absolute Gasteiger partial charge is 0.481 e. The van der Waals surface area contributed by atoms with Crippen LogP contribution in [0.3, 0.4) is 0 Å². The van der Waals surface area contributed by atoms with Crippen LogP contribution in [-0.2, 0) is 17.1 Å². The number of likely N-dealkylation sites (tertiary alicyclic amines) is 1. The monoisotopic (exact) mass is 528 g/mol. The Kier molecular flexibility index (Phi) is 8.16. The average Bonchev–Trinajstić information content (AvgIpc) is 2.85. The molecule has 1 aromatic heterocycles. The van der Waals surface area contributed by atoms with Crippen LogP contribution in [0.15, 0.2) is 42.6 Å².